The van der Waals surface area contributed by atoms with E-state index in [-0.39, 0.29) is 31.1 Å². The van der Waals surface area contributed by atoms with Crippen molar-refractivity contribution in [2.45, 2.75) is 49.9 Å². The van der Waals surface area contributed by atoms with Gasteiger partial charge >= 0.3 is 5.97 Å². The van der Waals surface area contributed by atoms with E-state index < -0.39 is 47.9 Å². The number of nitrogens with zero attached hydrogens (tertiary/aromatic N) is 2. The number of rotatable bonds is 17. The van der Waals surface area contributed by atoms with Crippen molar-refractivity contribution in [1.29, 1.82) is 0 Å². The van der Waals surface area contributed by atoms with E-state index >= 15 is 0 Å². The minimum absolute atomic E-state index is 0.0657. The Kier molecular flexibility index (Phi) is 14.4. The lowest BCUT2D eigenvalue weighted by molar-refractivity contribution is -0.142. The number of hydrogen-bond acceptors (Lipinski definition) is 9. The van der Waals surface area contributed by atoms with Crippen LogP contribution >= 0.6 is 24.4 Å². The Morgan fingerprint density at radius 1 is 1.11 bits per heavy atom. The number of aromatic nitrogens is 2. The average Bonchev–Trinajstić information content (AvgIpc) is 3.34. The third kappa shape index (κ3) is 11.6. The predicted octanol–water partition coefficient (Wildman–Crippen LogP) is -2.44. The van der Waals surface area contributed by atoms with Gasteiger partial charge in [0.15, 0.2) is 5.96 Å². The van der Waals surface area contributed by atoms with E-state index in [2.05, 4.69) is 43.5 Å². The fourth-order valence-corrected chi connectivity index (χ4v) is 3.73. The van der Waals surface area contributed by atoms with Crippen molar-refractivity contribution in [3.05, 3.63) is 18.2 Å². The van der Waals surface area contributed by atoms with Gasteiger partial charge in [-0.2, -0.15) is 24.4 Å². The Morgan fingerprint density at radius 3 is 2.31 bits per heavy atom. The number of aliphatic imine (C=N–C) groups is 1. The molecular weight excluding hydrogens is 510 g/mol. The van der Waals surface area contributed by atoms with E-state index in [1.165, 1.54) is 12.5 Å². The van der Waals surface area contributed by atoms with E-state index in [0.29, 0.717) is 24.3 Å². The second kappa shape index (κ2) is 16.6. The molecule has 0 spiro atoms. The molecule has 0 aliphatic carbocycles. The lowest BCUT2D eigenvalue weighted by atomic mass is 10.1. The predicted molar refractivity (Wildman–Crippen MR) is 140 cm³/mol. The molecule has 0 saturated heterocycles. The van der Waals surface area contributed by atoms with E-state index in [0.717, 1.165) is 0 Å². The van der Waals surface area contributed by atoms with Crippen LogP contribution in [0.2, 0.25) is 0 Å². The van der Waals surface area contributed by atoms with Crippen LogP contribution in [-0.4, -0.2) is 93.2 Å². The minimum atomic E-state index is -1.25. The first kappa shape index (κ1) is 31.1. The summed E-state index contributed by atoms with van der Waals surface area (Å²) in [4.78, 5) is 60.4. The number of amides is 3. The molecule has 0 fully saturated rings. The van der Waals surface area contributed by atoms with Gasteiger partial charge in [0.05, 0.1) is 12.4 Å². The number of carbonyl (C=O) groups is 4. The van der Waals surface area contributed by atoms with Crippen LogP contribution in [-0.2, 0) is 25.6 Å². The summed E-state index contributed by atoms with van der Waals surface area (Å²) in [6.45, 7) is 0.197. The highest BCUT2D eigenvalue weighted by Gasteiger charge is 2.30. The van der Waals surface area contributed by atoms with Crippen LogP contribution < -0.4 is 33.2 Å². The van der Waals surface area contributed by atoms with Crippen molar-refractivity contribution < 1.29 is 24.3 Å². The van der Waals surface area contributed by atoms with E-state index in [4.69, 9.17) is 17.2 Å². The van der Waals surface area contributed by atoms with Gasteiger partial charge in [0.25, 0.3) is 0 Å². The quantitative estimate of drug-likeness (QED) is 0.0433. The Bertz CT molecular complexity index is 881. The maximum absolute atomic E-state index is 13.0. The zero-order valence-corrected chi connectivity index (χ0v) is 21.7. The molecule has 1 aromatic rings. The van der Waals surface area contributed by atoms with E-state index in [1.54, 1.807) is 11.8 Å². The number of carboxylic acid groups (broad SMARTS) is 1. The molecule has 0 saturated carbocycles. The summed E-state index contributed by atoms with van der Waals surface area (Å²) in [6, 6.07) is -4.26. The molecule has 4 atom stereocenters. The van der Waals surface area contributed by atoms with Gasteiger partial charge in [-0.05, 0) is 31.3 Å². The summed E-state index contributed by atoms with van der Waals surface area (Å²) in [6.07, 6.45) is 5.69. The molecule has 14 nitrogen and oxygen atoms in total. The van der Waals surface area contributed by atoms with Crippen LogP contribution in [0.15, 0.2) is 17.5 Å². The van der Waals surface area contributed by atoms with E-state index in [1.807, 2.05) is 6.26 Å². The van der Waals surface area contributed by atoms with Crippen LogP contribution in [0.4, 0.5) is 0 Å². The number of aromatic amines is 1. The second-order valence-electron chi connectivity index (χ2n) is 7.82. The maximum Gasteiger partial charge on any atom is 0.326 e. The molecule has 11 N–H and O–H groups in total. The summed E-state index contributed by atoms with van der Waals surface area (Å²) >= 11 is 5.66. The smallest absolute Gasteiger partial charge is 0.326 e. The Morgan fingerprint density at radius 2 is 1.75 bits per heavy atom. The first-order valence-corrected chi connectivity index (χ1v) is 13.1. The molecule has 0 bridgehead atoms. The van der Waals surface area contributed by atoms with Crippen molar-refractivity contribution in [2.75, 3.05) is 24.3 Å². The van der Waals surface area contributed by atoms with Gasteiger partial charge in [-0.3, -0.25) is 19.4 Å². The van der Waals surface area contributed by atoms with Gasteiger partial charge in [-0.1, -0.05) is 0 Å². The largest absolute Gasteiger partial charge is 0.480 e. The lowest BCUT2D eigenvalue weighted by Gasteiger charge is -2.24. The number of aliphatic carboxylic acids is 1. The SMILES string of the molecule is CSCCC(N)C(=O)NC(Cc1cnc[nH]1)C(=O)NC(CS)C(=O)NC(CCCN=C(N)N)C(=O)O. The van der Waals surface area contributed by atoms with Gasteiger partial charge in [0.2, 0.25) is 17.7 Å². The molecule has 4 unspecified atom stereocenters. The molecule has 36 heavy (non-hydrogen) atoms. The lowest BCUT2D eigenvalue weighted by Crippen LogP contribution is -2.58. The van der Waals surface area contributed by atoms with Crippen molar-refractivity contribution in [3.63, 3.8) is 0 Å². The number of nitrogens with one attached hydrogen (secondary N) is 4. The highest BCUT2D eigenvalue weighted by Crippen LogP contribution is 2.05. The zero-order chi connectivity index (χ0) is 27.1. The number of thiol groups is 1. The summed E-state index contributed by atoms with van der Waals surface area (Å²) in [7, 11) is 0. The zero-order valence-electron chi connectivity index (χ0n) is 20.0. The monoisotopic (exact) mass is 545 g/mol. The standard InChI is InChI=1S/C20H35N9O5S2/c1-36-6-4-12(21)16(30)28-14(7-11-8-24-10-26-11)17(31)29-15(9-35)18(32)27-13(19(33)34)3-2-5-25-20(22)23/h8,10,12-15,35H,2-7,9,21H2,1H3,(H,24,26)(H,27,32)(H,28,30)(H,29,31)(H,33,34)(H4,22,23,25). The third-order valence-corrected chi connectivity index (χ3v) is 5.97. The maximum atomic E-state index is 13.0. The molecule has 1 rings (SSSR count). The first-order chi connectivity index (χ1) is 17.1. The highest BCUT2D eigenvalue weighted by molar-refractivity contribution is 7.98. The summed E-state index contributed by atoms with van der Waals surface area (Å²) < 4.78 is 0. The van der Waals surface area contributed by atoms with Crippen LogP contribution in [0.5, 0.6) is 0 Å². The molecule has 0 aliphatic rings. The molecule has 1 heterocycles. The van der Waals surface area contributed by atoms with Crippen LogP contribution in [0, 0.1) is 0 Å². The highest BCUT2D eigenvalue weighted by atomic mass is 32.2. The Hall–Kier alpha value is -2.98. The number of carbonyl (C=O) groups excluding carboxylic acids is 3. The Labute approximate surface area is 218 Å². The van der Waals surface area contributed by atoms with Gasteiger partial charge in [0.1, 0.15) is 18.1 Å². The number of thioether (sulfide) groups is 1. The molecule has 16 heteroatoms. The number of nitrogens with two attached hydrogens (primary N) is 3. The summed E-state index contributed by atoms with van der Waals surface area (Å²) in [5, 5.41) is 17.0. The molecule has 1 aromatic heterocycles. The molecule has 0 aromatic carbocycles. The van der Waals surface area contributed by atoms with Crippen LogP contribution in [0.3, 0.4) is 0 Å². The average molecular weight is 546 g/mol. The van der Waals surface area contributed by atoms with Crippen molar-refractivity contribution >= 4 is 54.0 Å². The van der Waals surface area contributed by atoms with Crippen LogP contribution in [0.1, 0.15) is 25.0 Å². The number of carboxylic acids is 1. The molecule has 0 radical (unpaired) electrons. The fraction of sp³-hybridized carbons (Fsp3) is 0.600. The van der Waals surface area contributed by atoms with Gasteiger partial charge < -0.3 is 43.2 Å². The molecule has 3 amide bonds. The number of hydrogen-bond donors (Lipinski definition) is 9. The number of imidazole rings is 1. The fourth-order valence-electron chi connectivity index (χ4n) is 2.98. The number of guanidine groups is 1. The van der Waals surface area contributed by atoms with Gasteiger partial charge in [-0.25, -0.2) is 9.78 Å². The van der Waals surface area contributed by atoms with Gasteiger partial charge in [0, 0.05) is 30.6 Å². The van der Waals surface area contributed by atoms with Crippen molar-refractivity contribution in [1.82, 2.24) is 25.9 Å². The second-order valence-corrected chi connectivity index (χ2v) is 9.17. The van der Waals surface area contributed by atoms with Crippen molar-refractivity contribution in [3.8, 4) is 0 Å². The van der Waals surface area contributed by atoms with Crippen molar-refractivity contribution in [2.24, 2.45) is 22.2 Å². The molecule has 202 valence electrons. The minimum Gasteiger partial charge on any atom is -0.480 e. The third-order valence-electron chi connectivity index (χ3n) is 4.96. The van der Waals surface area contributed by atoms with Gasteiger partial charge in [-0.15, -0.1) is 0 Å². The summed E-state index contributed by atoms with van der Waals surface area (Å²) in [5.74, 6) is -2.73. The topological polar surface area (TPSA) is 244 Å². The van der Waals surface area contributed by atoms with E-state index in [9.17, 15) is 24.3 Å². The molecule has 0 aliphatic heterocycles. The number of H-pyrrole nitrogens is 1. The van der Waals surface area contributed by atoms with Crippen LogP contribution in [0.25, 0.3) is 0 Å². The molecular formula is C20H35N9O5S2. The summed E-state index contributed by atoms with van der Waals surface area (Å²) in [5.41, 5.74) is 17.0. The normalized spacial score (nSPS) is 14.1. The first-order valence-electron chi connectivity index (χ1n) is 11.1. The Balaban J connectivity index is 2.85.